The Bertz CT molecular complexity index is 1670. The number of hydrogen-bond donors (Lipinski definition) is 0. The van der Waals surface area contributed by atoms with Crippen molar-refractivity contribution in [3.8, 4) is 17.0 Å². The first-order valence-corrected chi connectivity index (χ1v) is 13.4. The minimum absolute atomic E-state index is 0.156. The summed E-state index contributed by atoms with van der Waals surface area (Å²) in [7, 11) is 1.33. The van der Waals surface area contributed by atoms with Gasteiger partial charge in [0.05, 0.1) is 22.7 Å². The zero-order valence-electron chi connectivity index (χ0n) is 21.3. The Kier molecular flexibility index (Phi) is 6.88. The van der Waals surface area contributed by atoms with E-state index in [1.54, 1.807) is 23.0 Å². The molecule has 5 aromatic rings. The Balaban J connectivity index is 1.44. The first-order valence-electron chi connectivity index (χ1n) is 12.6. The molecule has 0 radical (unpaired) electrons. The molecule has 0 N–H and O–H groups in total. The van der Waals surface area contributed by atoms with Gasteiger partial charge in [-0.15, -0.1) is 0 Å². The number of methoxy groups -OCH3 is 1. The zero-order chi connectivity index (χ0) is 27.1. The van der Waals surface area contributed by atoms with E-state index in [1.807, 2.05) is 48.1 Å². The standard InChI is InChI=1S/C28H25Cl2N5O4/c1-16(26-20(29)13-31-14-21(26)30)39-18-6-7-23-19(12-18)27(33-35(23)25-5-3-4-10-38-25)17-8-9-34-15-22(28(36)37-2)32-24(34)11-17/h6-9,11-16,25H,3-5,10H2,1-2H3/t16-,25?/m1/s1. The molecule has 1 fully saturated rings. The highest BCUT2D eigenvalue weighted by Crippen LogP contribution is 2.37. The van der Waals surface area contributed by atoms with E-state index in [2.05, 4.69) is 9.97 Å². The number of hydrogen-bond acceptors (Lipinski definition) is 7. The summed E-state index contributed by atoms with van der Waals surface area (Å²) >= 11 is 12.7. The lowest BCUT2D eigenvalue weighted by Crippen LogP contribution is -2.19. The van der Waals surface area contributed by atoms with Crippen molar-refractivity contribution in [2.45, 2.75) is 38.5 Å². The summed E-state index contributed by atoms with van der Waals surface area (Å²) in [6, 6.07) is 9.70. The van der Waals surface area contributed by atoms with Crippen LogP contribution in [0.5, 0.6) is 5.75 Å². The summed E-state index contributed by atoms with van der Waals surface area (Å²) in [5.41, 5.74) is 4.03. The van der Waals surface area contributed by atoms with Crippen LogP contribution in [-0.4, -0.2) is 43.8 Å². The van der Waals surface area contributed by atoms with Crippen LogP contribution in [0.25, 0.3) is 27.8 Å². The summed E-state index contributed by atoms with van der Waals surface area (Å²) < 4.78 is 20.9. The van der Waals surface area contributed by atoms with Crippen LogP contribution in [0, 0.1) is 0 Å². The summed E-state index contributed by atoms with van der Waals surface area (Å²) in [6.45, 7) is 2.59. The van der Waals surface area contributed by atoms with E-state index >= 15 is 0 Å². The third kappa shape index (κ3) is 4.82. The first kappa shape index (κ1) is 25.6. The van der Waals surface area contributed by atoms with Crippen LogP contribution >= 0.6 is 23.2 Å². The van der Waals surface area contributed by atoms with Crippen LogP contribution in [0.1, 0.15) is 54.6 Å². The number of carbonyl (C=O) groups excluding carboxylic acids is 1. The number of pyridine rings is 2. The lowest BCUT2D eigenvalue weighted by atomic mass is 10.1. The van der Waals surface area contributed by atoms with Crippen LogP contribution in [0.3, 0.4) is 0 Å². The molecule has 9 nitrogen and oxygen atoms in total. The van der Waals surface area contributed by atoms with E-state index in [-0.39, 0.29) is 11.9 Å². The predicted molar refractivity (Wildman–Crippen MR) is 147 cm³/mol. The van der Waals surface area contributed by atoms with Gasteiger partial charge in [-0.05, 0) is 56.5 Å². The Morgan fingerprint density at radius 1 is 1.15 bits per heavy atom. The van der Waals surface area contributed by atoms with Crippen LogP contribution in [0.4, 0.5) is 0 Å². The molecule has 11 heteroatoms. The topological polar surface area (TPSA) is 92.8 Å². The maximum absolute atomic E-state index is 12.0. The molecule has 1 saturated heterocycles. The molecular formula is C28H25Cl2N5O4. The minimum Gasteiger partial charge on any atom is -0.486 e. The largest absolute Gasteiger partial charge is 0.486 e. The molecule has 1 aliphatic heterocycles. The molecule has 6 rings (SSSR count). The number of benzene rings is 1. The normalized spacial score (nSPS) is 16.5. The van der Waals surface area contributed by atoms with Crippen molar-refractivity contribution >= 4 is 45.7 Å². The number of rotatable bonds is 6. The van der Waals surface area contributed by atoms with Gasteiger partial charge in [0, 0.05) is 47.9 Å². The molecule has 0 bridgehead atoms. The van der Waals surface area contributed by atoms with Gasteiger partial charge in [0.25, 0.3) is 0 Å². The molecule has 0 saturated carbocycles. The molecule has 2 atom stereocenters. The second-order valence-corrected chi connectivity index (χ2v) is 10.2. The van der Waals surface area contributed by atoms with E-state index in [4.69, 9.17) is 42.5 Å². The smallest absolute Gasteiger partial charge is 0.358 e. The van der Waals surface area contributed by atoms with Crippen molar-refractivity contribution in [3.05, 3.63) is 76.4 Å². The SMILES string of the molecule is COC(=O)c1cn2ccc(-c3nn(C4CCCCO4)c4ccc(O[C@H](C)c5c(Cl)cncc5Cl)cc34)cc2n1. The summed E-state index contributed by atoms with van der Waals surface area (Å²) in [5.74, 6) is 0.147. The van der Waals surface area contributed by atoms with Gasteiger partial charge in [0.15, 0.2) is 11.9 Å². The number of ether oxygens (including phenoxy) is 3. The lowest BCUT2D eigenvalue weighted by Gasteiger charge is -2.23. The van der Waals surface area contributed by atoms with Crippen molar-refractivity contribution in [3.63, 3.8) is 0 Å². The van der Waals surface area contributed by atoms with Crippen LogP contribution in [0.2, 0.25) is 10.0 Å². The number of carbonyl (C=O) groups is 1. The predicted octanol–water partition coefficient (Wildman–Crippen LogP) is 6.68. The van der Waals surface area contributed by atoms with Crippen LogP contribution in [0.15, 0.2) is 55.1 Å². The van der Waals surface area contributed by atoms with E-state index < -0.39 is 12.1 Å². The molecule has 39 heavy (non-hydrogen) atoms. The van der Waals surface area contributed by atoms with Gasteiger partial charge in [0.2, 0.25) is 0 Å². The number of fused-ring (bicyclic) bond motifs is 2. The molecule has 1 aliphatic rings. The average molecular weight is 566 g/mol. The van der Waals surface area contributed by atoms with Crippen molar-refractivity contribution < 1.29 is 19.0 Å². The third-order valence-corrected chi connectivity index (χ3v) is 7.45. The number of halogens is 2. The Morgan fingerprint density at radius 3 is 2.72 bits per heavy atom. The highest BCUT2D eigenvalue weighted by atomic mass is 35.5. The number of esters is 1. The number of nitrogens with zero attached hydrogens (tertiary/aromatic N) is 5. The summed E-state index contributed by atoms with van der Waals surface area (Å²) in [4.78, 5) is 20.5. The quantitative estimate of drug-likeness (QED) is 0.212. The molecule has 0 amide bonds. The molecule has 1 unspecified atom stereocenters. The van der Waals surface area contributed by atoms with Crippen LogP contribution in [-0.2, 0) is 9.47 Å². The Morgan fingerprint density at radius 2 is 1.97 bits per heavy atom. The third-order valence-electron chi connectivity index (χ3n) is 6.84. The molecule has 0 aliphatic carbocycles. The summed E-state index contributed by atoms with van der Waals surface area (Å²) in [5, 5.41) is 6.79. The molecule has 0 spiro atoms. The fraction of sp³-hybridized carbons (Fsp3) is 0.286. The van der Waals surface area contributed by atoms with Gasteiger partial charge in [0.1, 0.15) is 23.2 Å². The minimum atomic E-state index is -0.491. The van der Waals surface area contributed by atoms with E-state index in [0.29, 0.717) is 33.6 Å². The van der Waals surface area contributed by atoms with E-state index in [9.17, 15) is 4.79 Å². The van der Waals surface area contributed by atoms with Crippen molar-refractivity contribution in [2.24, 2.45) is 0 Å². The van der Waals surface area contributed by atoms with Crippen molar-refractivity contribution in [1.82, 2.24) is 24.1 Å². The van der Waals surface area contributed by atoms with Gasteiger partial charge in [-0.3, -0.25) is 4.98 Å². The monoisotopic (exact) mass is 565 g/mol. The second kappa shape index (κ2) is 10.5. The van der Waals surface area contributed by atoms with Crippen molar-refractivity contribution in [1.29, 1.82) is 0 Å². The molecule has 5 heterocycles. The van der Waals surface area contributed by atoms with Gasteiger partial charge < -0.3 is 18.6 Å². The highest BCUT2D eigenvalue weighted by molar-refractivity contribution is 6.35. The van der Waals surface area contributed by atoms with E-state index in [0.717, 1.165) is 41.4 Å². The van der Waals surface area contributed by atoms with Gasteiger partial charge in [-0.25, -0.2) is 14.5 Å². The first-order chi connectivity index (χ1) is 18.9. The zero-order valence-corrected chi connectivity index (χ0v) is 22.8. The highest BCUT2D eigenvalue weighted by Gasteiger charge is 2.23. The maximum Gasteiger partial charge on any atom is 0.358 e. The fourth-order valence-electron chi connectivity index (χ4n) is 4.95. The average Bonchev–Trinajstić information content (AvgIpc) is 3.54. The Labute approximate surface area is 234 Å². The fourth-order valence-corrected chi connectivity index (χ4v) is 5.62. The number of aromatic nitrogens is 5. The Hall–Kier alpha value is -3.66. The lowest BCUT2D eigenvalue weighted by molar-refractivity contribution is -0.0365. The second-order valence-electron chi connectivity index (χ2n) is 9.37. The van der Waals surface area contributed by atoms with Crippen LogP contribution < -0.4 is 4.74 Å². The van der Waals surface area contributed by atoms with Gasteiger partial charge in [-0.2, -0.15) is 5.10 Å². The van der Waals surface area contributed by atoms with Gasteiger partial charge in [-0.1, -0.05) is 23.2 Å². The molecule has 4 aromatic heterocycles. The van der Waals surface area contributed by atoms with E-state index in [1.165, 1.54) is 7.11 Å². The molecule has 1 aromatic carbocycles. The molecule has 200 valence electrons. The maximum atomic E-state index is 12.0. The van der Waals surface area contributed by atoms with Crippen molar-refractivity contribution in [2.75, 3.05) is 13.7 Å². The van der Waals surface area contributed by atoms with Gasteiger partial charge >= 0.3 is 5.97 Å². The molecular weight excluding hydrogens is 541 g/mol. The summed E-state index contributed by atoms with van der Waals surface area (Å²) in [6.07, 6.45) is 9.01. The number of imidazole rings is 1.